The summed E-state index contributed by atoms with van der Waals surface area (Å²) < 4.78 is 0.958. The lowest BCUT2D eigenvalue weighted by molar-refractivity contribution is 0.102. The average molecular weight is 374 g/mol. The summed E-state index contributed by atoms with van der Waals surface area (Å²) in [6.45, 7) is 3.19. The highest BCUT2D eigenvalue weighted by atomic mass is 79.9. The Morgan fingerprint density at radius 3 is 2.57 bits per heavy atom. The molecule has 2 aromatic carbocycles. The Bertz CT molecular complexity index is 759. The summed E-state index contributed by atoms with van der Waals surface area (Å²) in [5, 5.41) is 5.63. The molecule has 3 rings (SSSR count). The molecule has 2 aromatic rings. The van der Waals surface area contributed by atoms with Crippen LogP contribution in [0.15, 0.2) is 46.9 Å². The smallest absolute Gasteiger partial charge is 0.322 e. The highest BCUT2D eigenvalue weighted by molar-refractivity contribution is 9.10. The lowest BCUT2D eigenvalue weighted by Crippen LogP contribution is -2.28. The molecule has 0 aliphatic carbocycles. The second kappa shape index (κ2) is 6.42. The van der Waals surface area contributed by atoms with Crippen molar-refractivity contribution in [1.29, 1.82) is 0 Å². The number of hydrogen-bond donors (Lipinski definition) is 2. The predicted molar refractivity (Wildman–Crippen MR) is 94.0 cm³/mol. The van der Waals surface area contributed by atoms with E-state index in [0.29, 0.717) is 18.7 Å². The van der Waals surface area contributed by atoms with E-state index in [1.807, 2.05) is 37.3 Å². The van der Waals surface area contributed by atoms with Gasteiger partial charge in [0.2, 0.25) is 0 Å². The minimum atomic E-state index is -0.173. The van der Waals surface area contributed by atoms with E-state index in [-0.39, 0.29) is 11.9 Å². The molecule has 1 aliphatic heterocycles. The van der Waals surface area contributed by atoms with E-state index in [0.717, 1.165) is 21.4 Å². The van der Waals surface area contributed by atoms with E-state index in [1.165, 1.54) is 0 Å². The highest BCUT2D eigenvalue weighted by Crippen LogP contribution is 2.23. The van der Waals surface area contributed by atoms with Gasteiger partial charge in [-0.2, -0.15) is 0 Å². The molecule has 0 bridgehead atoms. The fourth-order valence-electron chi connectivity index (χ4n) is 2.54. The molecular weight excluding hydrogens is 358 g/mol. The Kier molecular flexibility index (Phi) is 4.34. The minimum Gasteiger partial charge on any atom is -0.336 e. The van der Waals surface area contributed by atoms with Crippen molar-refractivity contribution in [2.24, 2.45) is 0 Å². The van der Waals surface area contributed by atoms with E-state index >= 15 is 0 Å². The van der Waals surface area contributed by atoms with Crippen molar-refractivity contribution in [1.82, 2.24) is 5.32 Å². The minimum absolute atomic E-state index is 0.0971. The summed E-state index contributed by atoms with van der Waals surface area (Å²) in [5.74, 6) is -0.173. The predicted octanol–water partition coefficient (Wildman–Crippen LogP) is 3.54. The molecule has 0 atom stereocenters. The summed E-state index contributed by atoms with van der Waals surface area (Å²) in [6.07, 6.45) is 0. The number of nitrogens with zero attached hydrogens (tertiary/aromatic N) is 1. The van der Waals surface area contributed by atoms with Gasteiger partial charge in [-0.05, 0) is 55.0 Å². The van der Waals surface area contributed by atoms with Crippen LogP contribution in [0.4, 0.5) is 16.2 Å². The van der Waals surface area contributed by atoms with Crippen LogP contribution in [0.5, 0.6) is 0 Å². The normalized spacial score (nSPS) is 13.8. The Morgan fingerprint density at radius 1 is 1.22 bits per heavy atom. The molecule has 1 aliphatic rings. The molecule has 118 valence electrons. The number of rotatable bonds is 3. The van der Waals surface area contributed by atoms with E-state index < -0.39 is 0 Å². The number of urea groups is 1. The molecule has 5 nitrogen and oxygen atoms in total. The average Bonchev–Trinajstić information content (AvgIpc) is 2.95. The van der Waals surface area contributed by atoms with Crippen LogP contribution < -0.4 is 15.5 Å². The van der Waals surface area contributed by atoms with Crippen molar-refractivity contribution in [3.05, 3.63) is 58.1 Å². The van der Waals surface area contributed by atoms with Gasteiger partial charge >= 0.3 is 6.03 Å². The molecule has 0 saturated carbocycles. The van der Waals surface area contributed by atoms with Crippen LogP contribution in [-0.2, 0) is 0 Å². The summed E-state index contributed by atoms with van der Waals surface area (Å²) in [7, 11) is 0. The highest BCUT2D eigenvalue weighted by Gasteiger charge is 2.22. The van der Waals surface area contributed by atoms with Crippen molar-refractivity contribution in [3.63, 3.8) is 0 Å². The first-order valence-corrected chi connectivity index (χ1v) is 8.07. The van der Waals surface area contributed by atoms with Crippen LogP contribution in [-0.4, -0.2) is 25.0 Å². The van der Waals surface area contributed by atoms with Gasteiger partial charge in [0.1, 0.15) is 0 Å². The fourth-order valence-corrected chi connectivity index (χ4v) is 2.80. The quantitative estimate of drug-likeness (QED) is 0.864. The van der Waals surface area contributed by atoms with Gasteiger partial charge in [0, 0.05) is 34.5 Å². The number of benzene rings is 2. The van der Waals surface area contributed by atoms with E-state index in [2.05, 4.69) is 26.6 Å². The van der Waals surface area contributed by atoms with Crippen molar-refractivity contribution in [2.45, 2.75) is 6.92 Å². The molecule has 0 spiro atoms. The third kappa shape index (κ3) is 3.37. The van der Waals surface area contributed by atoms with Gasteiger partial charge in [0.05, 0.1) is 0 Å². The van der Waals surface area contributed by atoms with Crippen LogP contribution >= 0.6 is 15.9 Å². The maximum Gasteiger partial charge on any atom is 0.322 e. The largest absolute Gasteiger partial charge is 0.336 e. The number of nitrogens with one attached hydrogen (secondary N) is 2. The molecule has 0 aromatic heterocycles. The molecule has 0 radical (unpaired) electrons. The number of hydrogen-bond acceptors (Lipinski definition) is 2. The van der Waals surface area contributed by atoms with Gasteiger partial charge in [-0.15, -0.1) is 0 Å². The molecule has 1 heterocycles. The van der Waals surface area contributed by atoms with Crippen LogP contribution in [0.3, 0.4) is 0 Å². The zero-order valence-electron chi connectivity index (χ0n) is 12.6. The van der Waals surface area contributed by atoms with E-state index in [1.54, 1.807) is 17.0 Å². The lowest BCUT2D eigenvalue weighted by Gasteiger charge is -2.17. The van der Waals surface area contributed by atoms with Gasteiger partial charge in [-0.3, -0.25) is 9.69 Å². The van der Waals surface area contributed by atoms with E-state index in [9.17, 15) is 9.59 Å². The molecule has 6 heteroatoms. The second-order valence-corrected chi connectivity index (χ2v) is 6.26. The SMILES string of the molecule is Cc1cc(C(=O)Nc2ccc(Br)cc2)ccc1N1CCNC1=O. The number of carbonyl (C=O) groups is 2. The van der Waals surface area contributed by atoms with Gasteiger partial charge in [0.25, 0.3) is 5.91 Å². The molecule has 0 unspecified atom stereocenters. The number of halogens is 1. The second-order valence-electron chi connectivity index (χ2n) is 5.35. The molecule has 1 saturated heterocycles. The zero-order chi connectivity index (χ0) is 16.4. The molecular formula is C17H16BrN3O2. The molecule has 1 fully saturated rings. The van der Waals surface area contributed by atoms with Gasteiger partial charge in [-0.25, -0.2) is 4.79 Å². The van der Waals surface area contributed by atoms with Crippen LogP contribution in [0.25, 0.3) is 0 Å². The number of anilines is 2. The third-order valence-electron chi connectivity index (χ3n) is 3.71. The Labute approximate surface area is 142 Å². The first-order valence-electron chi connectivity index (χ1n) is 7.27. The van der Waals surface area contributed by atoms with Crippen molar-refractivity contribution in [3.8, 4) is 0 Å². The van der Waals surface area contributed by atoms with Crippen LogP contribution in [0, 0.1) is 6.92 Å². The van der Waals surface area contributed by atoms with Gasteiger partial charge in [0.15, 0.2) is 0 Å². The summed E-state index contributed by atoms with van der Waals surface area (Å²) in [5.41, 5.74) is 3.03. The zero-order valence-corrected chi connectivity index (χ0v) is 14.2. The topological polar surface area (TPSA) is 61.4 Å². The first-order chi connectivity index (χ1) is 11.0. The summed E-state index contributed by atoms with van der Waals surface area (Å²) in [6, 6.07) is 12.7. The maximum absolute atomic E-state index is 12.3. The van der Waals surface area contributed by atoms with Gasteiger partial charge in [-0.1, -0.05) is 15.9 Å². The Hall–Kier alpha value is -2.34. The summed E-state index contributed by atoms with van der Waals surface area (Å²) >= 11 is 3.36. The van der Waals surface area contributed by atoms with Crippen LogP contribution in [0.2, 0.25) is 0 Å². The standard InChI is InChI=1S/C17H16BrN3O2/c1-11-10-12(2-7-15(11)21-9-8-19-17(21)23)16(22)20-14-5-3-13(18)4-6-14/h2-7,10H,8-9H2,1H3,(H,19,23)(H,20,22). The number of carbonyl (C=O) groups excluding carboxylic acids is 2. The maximum atomic E-state index is 12.3. The monoisotopic (exact) mass is 373 g/mol. The summed E-state index contributed by atoms with van der Waals surface area (Å²) in [4.78, 5) is 25.8. The number of amides is 3. The third-order valence-corrected chi connectivity index (χ3v) is 4.24. The van der Waals surface area contributed by atoms with E-state index in [4.69, 9.17) is 0 Å². The fraction of sp³-hybridized carbons (Fsp3) is 0.176. The molecule has 2 N–H and O–H groups in total. The van der Waals surface area contributed by atoms with Crippen molar-refractivity contribution in [2.75, 3.05) is 23.3 Å². The lowest BCUT2D eigenvalue weighted by atomic mass is 10.1. The Morgan fingerprint density at radius 2 is 1.96 bits per heavy atom. The molecule has 23 heavy (non-hydrogen) atoms. The molecule has 3 amide bonds. The Balaban J connectivity index is 1.78. The van der Waals surface area contributed by atoms with Gasteiger partial charge < -0.3 is 10.6 Å². The first kappa shape index (κ1) is 15.6. The van der Waals surface area contributed by atoms with Crippen molar-refractivity contribution < 1.29 is 9.59 Å². The van der Waals surface area contributed by atoms with Crippen LogP contribution in [0.1, 0.15) is 15.9 Å². The number of aryl methyl sites for hydroxylation is 1. The van der Waals surface area contributed by atoms with Crippen molar-refractivity contribution >= 4 is 39.2 Å².